The van der Waals surface area contributed by atoms with E-state index in [4.69, 9.17) is 10.6 Å². The summed E-state index contributed by atoms with van der Waals surface area (Å²) in [7, 11) is -1.91. The molecule has 0 radical (unpaired) electrons. The van der Waals surface area contributed by atoms with Crippen LogP contribution < -0.4 is 10.8 Å². The smallest absolute Gasteiger partial charge is 0.393 e. The zero-order chi connectivity index (χ0) is 22.8. The third kappa shape index (κ3) is 5.50. The molecule has 164 valence electrons. The van der Waals surface area contributed by atoms with Crippen LogP contribution in [0.1, 0.15) is 10.4 Å². The van der Waals surface area contributed by atoms with Crippen molar-refractivity contribution in [1.82, 2.24) is 0 Å². The number of sulfone groups is 1. The van der Waals surface area contributed by atoms with Gasteiger partial charge in [-0.1, -0.05) is 24.0 Å². The van der Waals surface area contributed by atoms with Crippen LogP contribution in [-0.2, 0) is 21.1 Å². The predicted octanol–water partition coefficient (Wildman–Crippen LogP) is 4.41. The Hall–Kier alpha value is -2.74. The highest BCUT2D eigenvalue weighted by Gasteiger charge is 2.31. The van der Waals surface area contributed by atoms with Gasteiger partial charge in [-0.15, -0.1) is 11.3 Å². The van der Waals surface area contributed by atoms with Gasteiger partial charge in [0, 0.05) is 11.9 Å². The number of rotatable bonds is 5. The van der Waals surface area contributed by atoms with Crippen molar-refractivity contribution in [3.63, 3.8) is 0 Å². The first kappa shape index (κ1) is 22.9. The van der Waals surface area contributed by atoms with E-state index >= 15 is 0 Å². The number of anilines is 2. The van der Waals surface area contributed by atoms with Gasteiger partial charge in [0.25, 0.3) is 0 Å². The maximum absolute atomic E-state index is 13.1. The molecular formula is C21H19F3N2O3S2. The van der Waals surface area contributed by atoms with E-state index in [1.807, 2.05) is 0 Å². The first-order chi connectivity index (χ1) is 14.5. The molecule has 0 saturated carbocycles. The number of thiophene rings is 1. The average molecular weight is 469 g/mol. The van der Waals surface area contributed by atoms with Gasteiger partial charge in [-0.25, -0.2) is 13.5 Å². The molecule has 1 heterocycles. The maximum atomic E-state index is 13.1. The average Bonchev–Trinajstić information content (AvgIpc) is 3.02. The summed E-state index contributed by atoms with van der Waals surface area (Å²) in [5.41, 5.74) is 7.00. The monoisotopic (exact) mass is 468 g/mol. The number of hydrogen-bond acceptors (Lipinski definition) is 6. The van der Waals surface area contributed by atoms with E-state index < -0.39 is 22.4 Å². The third-order valence-electron chi connectivity index (χ3n) is 4.42. The molecule has 0 spiro atoms. The van der Waals surface area contributed by atoms with Crippen molar-refractivity contribution in [3.8, 4) is 11.8 Å². The highest BCUT2D eigenvalue weighted by molar-refractivity contribution is 7.90. The molecule has 2 N–H and O–H groups in total. The Bertz CT molecular complexity index is 1260. The van der Waals surface area contributed by atoms with E-state index in [1.54, 1.807) is 30.3 Å². The molecule has 0 bridgehead atoms. The molecule has 0 amide bonds. The molecular weight excluding hydrogens is 449 g/mol. The summed E-state index contributed by atoms with van der Waals surface area (Å²) in [6.07, 6.45) is -4.37. The number of nitrogens with two attached hydrogens (primary N) is 1. The molecule has 2 aromatic carbocycles. The van der Waals surface area contributed by atoms with Crippen LogP contribution in [0.25, 0.3) is 10.1 Å². The molecule has 1 aromatic heterocycles. The van der Waals surface area contributed by atoms with Crippen molar-refractivity contribution in [2.24, 2.45) is 0 Å². The van der Waals surface area contributed by atoms with Gasteiger partial charge in [0.05, 0.1) is 33.7 Å². The minimum atomic E-state index is -4.38. The van der Waals surface area contributed by atoms with E-state index in [0.717, 1.165) is 17.6 Å². The SMILES string of the molecule is CON(CC#Cc1sc2c(N)cccc2c1CC(F)(F)F)c1ccc(S(C)(=O)=O)cc1. The summed E-state index contributed by atoms with van der Waals surface area (Å²) < 4.78 is 63.1. The van der Waals surface area contributed by atoms with Gasteiger partial charge < -0.3 is 5.73 Å². The largest absolute Gasteiger partial charge is 0.398 e. The Morgan fingerprint density at radius 3 is 2.42 bits per heavy atom. The molecule has 0 fully saturated rings. The first-order valence-corrected chi connectivity index (χ1v) is 11.7. The van der Waals surface area contributed by atoms with Crippen LogP contribution in [0.15, 0.2) is 47.4 Å². The summed E-state index contributed by atoms with van der Waals surface area (Å²) >= 11 is 1.13. The highest BCUT2D eigenvalue weighted by atomic mass is 32.2. The van der Waals surface area contributed by atoms with Gasteiger partial charge in [0.15, 0.2) is 9.84 Å². The number of hydroxylamine groups is 1. The van der Waals surface area contributed by atoms with Crippen molar-refractivity contribution in [2.45, 2.75) is 17.5 Å². The molecule has 0 aliphatic rings. The van der Waals surface area contributed by atoms with E-state index in [9.17, 15) is 21.6 Å². The van der Waals surface area contributed by atoms with Gasteiger partial charge in [0.2, 0.25) is 0 Å². The zero-order valence-electron chi connectivity index (χ0n) is 16.7. The zero-order valence-corrected chi connectivity index (χ0v) is 18.3. The molecule has 3 rings (SSSR count). The molecule has 5 nitrogen and oxygen atoms in total. The summed E-state index contributed by atoms with van der Waals surface area (Å²) in [6.45, 7) is 0.0594. The van der Waals surface area contributed by atoms with Gasteiger partial charge in [-0.2, -0.15) is 13.2 Å². The van der Waals surface area contributed by atoms with E-state index in [-0.39, 0.29) is 17.0 Å². The van der Waals surface area contributed by atoms with Crippen LogP contribution in [-0.4, -0.2) is 34.5 Å². The molecule has 3 aromatic rings. The van der Waals surface area contributed by atoms with Gasteiger partial charge >= 0.3 is 6.18 Å². The van der Waals surface area contributed by atoms with Gasteiger partial charge in [-0.3, -0.25) is 4.84 Å². The Morgan fingerprint density at radius 2 is 1.84 bits per heavy atom. The third-order valence-corrected chi connectivity index (χ3v) is 6.76. The summed E-state index contributed by atoms with van der Waals surface area (Å²) in [5, 5.41) is 1.86. The Labute approximate surface area is 182 Å². The number of halogens is 3. The number of nitrogens with zero attached hydrogens (tertiary/aromatic N) is 1. The lowest BCUT2D eigenvalue weighted by Crippen LogP contribution is -2.21. The van der Waals surface area contributed by atoms with Crippen LogP contribution in [0.5, 0.6) is 0 Å². The van der Waals surface area contributed by atoms with Gasteiger partial charge in [0.1, 0.15) is 6.54 Å². The number of alkyl halides is 3. The van der Waals surface area contributed by atoms with Crippen LogP contribution in [0.2, 0.25) is 0 Å². The lowest BCUT2D eigenvalue weighted by atomic mass is 10.1. The molecule has 0 unspecified atom stereocenters. The fraction of sp³-hybridized carbons (Fsp3) is 0.238. The highest BCUT2D eigenvalue weighted by Crippen LogP contribution is 2.37. The minimum absolute atomic E-state index is 0.0594. The molecule has 0 atom stereocenters. The molecule has 0 aliphatic carbocycles. The van der Waals surface area contributed by atoms with Crippen LogP contribution >= 0.6 is 11.3 Å². The van der Waals surface area contributed by atoms with Crippen molar-refractivity contribution in [3.05, 3.63) is 52.9 Å². The van der Waals surface area contributed by atoms with E-state index in [1.165, 1.54) is 24.3 Å². The summed E-state index contributed by atoms with van der Waals surface area (Å²) in [5.74, 6) is 5.66. The summed E-state index contributed by atoms with van der Waals surface area (Å²) in [6, 6.07) is 10.9. The molecule has 10 heteroatoms. The second kappa shape index (κ2) is 8.78. The van der Waals surface area contributed by atoms with Crippen molar-refractivity contribution >= 4 is 42.6 Å². The van der Waals surface area contributed by atoms with Crippen molar-refractivity contribution < 1.29 is 26.4 Å². The molecule has 0 saturated heterocycles. The fourth-order valence-electron chi connectivity index (χ4n) is 2.98. The van der Waals surface area contributed by atoms with E-state index in [2.05, 4.69) is 11.8 Å². The number of benzene rings is 2. The van der Waals surface area contributed by atoms with Crippen LogP contribution in [0, 0.1) is 11.8 Å². The second-order valence-corrected chi connectivity index (χ2v) is 9.75. The molecule has 31 heavy (non-hydrogen) atoms. The van der Waals surface area contributed by atoms with Crippen LogP contribution in [0.3, 0.4) is 0 Å². The maximum Gasteiger partial charge on any atom is 0.393 e. The number of hydrogen-bond donors (Lipinski definition) is 1. The quantitative estimate of drug-likeness (QED) is 0.341. The van der Waals surface area contributed by atoms with Crippen LogP contribution in [0.4, 0.5) is 24.5 Å². The topological polar surface area (TPSA) is 72.6 Å². The van der Waals surface area contributed by atoms with Crippen molar-refractivity contribution in [1.29, 1.82) is 0 Å². The standard InChI is InChI=1S/C21H19F3N2O3S2/c1-29-26(14-8-10-15(11-9-14)31(2,27)28)12-4-7-19-17(13-21(22,23)24)16-5-3-6-18(25)20(16)30-19/h3,5-6,8-11H,12-13,25H2,1-2H3. The summed E-state index contributed by atoms with van der Waals surface area (Å²) in [4.78, 5) is 5.74. The normalized spacial score (nSPS) is 11.9. The first-order valence-electron chi connectivity index (χ1n) is 8.97. The molecule has 0 aliphatic heterocycles. The number of fused-ring (bicyclic) bond motifs is 1. The second-order valence-electron chi connectivity index (χ2n) is 6.71. The lowest BCUT2D eigenvalue weighted by molar-refractivity contribution is -0.126. The minimum Gasteiger partial charge on any atom is -0.398 e. The Morgan fingerprint density at radius 1 is 1.16 bits per heavy atom. The van der Waals surface area contributed by atoms with Crippen molar-refractivity contribution in [2.75, 3.05) is 30.7 Å². The fourth-order valence-corrected chi connectivity index (χ4v) is 4.73. The van der Waals surface area contributed by atoms with Gasteiger partial charge in [-0.05, 0) is 41.3 Å². The van der Waals surface area contributed by atoms with E-state index in [0.29, 0.717) is 26.3 Å². The predicted molar refractivity (Wildman–Crippen MR) is 117 cm³/mol. The lowest BCUT2D eigenvalue weighted by Gasteiger charge is -2.19. The Kier molecular flexibility index (Phi) is 6.50. The number of nitrogen functional groups attached to an aromatic ring is 1. The Balaban J connectivity index is 1.90.